The SMILES string of the molecule is Cc1cnc(CNCc2nc(C)c(C)s2)o1. The molecular formula is C11H15N3OS. The summed E-state index contributed by atoms with van der Waals surface area (Å²) in [6.07, 6.45) is 1.73. The van der Waals surface area contributed by atoms with Crippen molar-refractivity contribution in [2.45, 2.75) is 33.9 Å². The number of rotatable bonds is 4. The van der Waals surface area contributed by atoms with Gasteiger partial charge in [0, 0.05) is 11.4 Å². The van der Waals surface area contributed by atoms with E-state index in [1.165, 1.54) is 4.88 Å². The Kier molecular flexibility index (Phi) is 3.36. The molecule has 0 saturated heterocycles. The first-order chi connectivity index (χ1) is 7.65. The molecule has 0 fully saturated rings. The van der Waals surface area contributed by atoms with Crippen LogP contribution in [0.15, 0.2) is 10.6 Å². The molecule has 0 radical (unpaired) electrons. The van der Waals surface area contributed by atoms with Crippen LogP contribution in [0.4, 0.5) is 0 Å². The number of aromatic nitrogens is 2. The Balaban J connectivity index is 1.84. The Morgan fingerprint density at radius 2 is 2.12 bits per heavy atom. The maximum atomic E-state index is 5.36. The maximum Gasteiger partial charge on any atom is 0.208 e. The van der Waals surface area contributed by atoms with Crippen LogP contribution in [0.5, 0.6) is 0 Å². The molecule has 0 bridgehead atoms. The van der Waals surface area contributed by atoms with Crippen LogP contribution < -0.4 is 5.32 Å². The lowest BCUT2D eigenvalue weighted by molar-refractivity contribution is 0.449. The summed E-state index contributed by atoms with van der Waals surface area (Å²) in [5.74, 6) is 1.57. The van der Waals surface area contributed by atoms with E-state index in [1.807, 2.05) is 13.8 Å². The predicted molar refractivity (Wildman–Crippen MR) is 63.4 cm³/mol. The third kappa shape index (κ3) is 2.68. The quantitative estimate of drug-likeness (QED) is 0.886. The Labute approximate surface area is 98.7 Å². The zero-order valence-corrected chi connectivity index (χ0v) is 10.5. The number of aryl methyl sites for hydroxylation is 3. The maximum absolute atomic E-state index is 5.36. The smallest absolute Gasteiger partial charge is 0.208 e. The molecule has 2 heterocycles. The van der Waals surface area contributed by atoms with Gasteiger partial charge < -0.3 is 9.73 Å². The Morgan fingerprint density at radius 3 is 2.69 bits per heavy atom. The molecule has 86 valence electrons. The molecule has 0 unspecified atom stereocenters. The van der Waals surface area contributed by atoms with E-state index < -0.39 is 0 Å². The van der Waals surface area contributed by atoms with Gasteiger partial charge in [-0.25, -0.2) is 9.97 Å². The number of hydrogen-bond donors (Lipinski definition) is 1. The van der Waals surface area contributed by atoms with Crippen LogP contribution in [0.1, 0.15) is 27.2 Å². The van der Waals surface area contributed by atoms with Gasteiger partial charge in [0.1, 0.15) is 10.8 Å². The predicted octanol–water partition coefficient (Wildman–Crippen LogP) is 2.35. The first-order valence-electron chi connectivity index (χ1n) is 5.20. The van der Waals surface area contributed by atoms with E-state index >= 15 is 0 Å². The van der Waals surface area contributed by atoms with Crippen molar-refractivity contribution in [2.75, 3.05) is 0 Å². The summed E-state index contributed by atoms with van der Waals surface area (Å²) in [6, 6.07) is 0. The molecule has 0 aromatic carbocycles. The van der Waals surface area contributed by atoms with E-state index in [0.717, 1.165) is 28.9 Å². The fourth-order valence-corrected chi connectivity index (χ4v) is 2.28. The van der Waals surface area contributed by atoms with Gasteiger partial charge >= 0.3 is 0 Å². The van der Waals surface area contributed by atoms with E-state index in [1.54, 1.807) is 17.5 Å². The molecule has 0 aliphatic heterocycles. The third-order valence-corrected chi connectivity index (χ3v) is 3.37. The molecular weight excluding hydrogens is 222 g/mol. The van der Waals surface area contributed by atoms with Gasteiger partial charge in [0.05, 0.1) is 18.4 Å². The van der Waals surface area contributed by atoms with E-state index in [9.17, 15) is 0 Å². The molecule has 2 rings (SSSR count). The van der Waals surface area contributed by atoms with Crippen LogP contribution in [0.3, 0.4) is 0 Å². The molecule has 0 aliphatic rings. The Hall–Kier alpha value is -1.20. The van der Waals surface area contributed by atoms with Gasteiger partial charge in [-0.2, -0.15) is 0 Å². The second-order valence-electron chi connectivity index (χ2n) is 3.72. The van der Waals surface area contributed by atoms with Crippen molar-refractivity contribution < 1.29 is 4.42 Å². The number of oxazole rings is 1. The van der Waals surface area contributed by atoms with E-state index in [-0.39, 0.29) is 0 Å². The summed E-state index contributed by atoms with van der Waals surface area (Å²) in [4.78, 5) is 9.86. The first kappa shape index (κ1) is 11.3. The number of nitrogens with zero attached hydrogens (tertiary/aromatic N) is 2. The van der Waals surface area contributed by atoms with Crippen molar-refractivity contribution in [1.29, 1.82) is 0 Å². The summed E-state index contributed by atoms with van der Waals surface area (Å²) >= 11 is 1.73. The molecule has 0 aliphatic carbocycles. The lowest BCUT2D eigenvalue weighted by atomic mass is 10.4. The summed E-state index contributed by atoms with van der Waals surface area (Å²) in [5.41, 5.74) is 1.12. The minimum Gasteiger partial charge on any atom is -0.445 e. The van der Waals surface area contributed by atoms with Crippen molar-refractivity contribution in [3.05, 3.63) is 33.4 Å². The molecule has 0 atom stereocenters. The lowest BCUT2D eigenvalue weighted by Crippen LogP contribution is -2.12. The van der Waals surface area contributed by atoms with Crippen LogP contribution in [0.25, 0.3) is 0 Å². The Bertz CT molecular complexity index is 456. The number of thiazole rings is 1. The summed E-state index contributed by atoms with van der Waals surface area (Å²) < 4.78 is 5.36. The lowest BCUT2D eigenvalue weighted by Gasteiger charge is -1.97. The van der Waals surface area contributed by atoms with Crippen LogP contribution >= 0.6 is 11.3 Å². The molecule has 1 N–H and O–H groups in total. The topological polar surface area (TPSA) is 51.0 Å². The van der Waals surface area contributed by atoms with Gasteiger partial charge in [-0.05, 0) is 20.8 Å². The van der Waals surface area contributed by atoms with Crippen molar-refractivity contribution in [2.24, 2.45) is 0 Å². The van der Waals surface area contributed by atoms with Gasteiger partial charge in [-0.1, -0.05) is 0 Å². The first-order valence-corrected chi connectivity index (χ1v) is 6.01. The number of hydrogen-bond acceptors (Lipinski definition) is 5. The molecule has 0 amide bonds. The molecule has 2 aromatic rings. The number of nitrogens with one attached hydrogen (secondary N) is 1. The van der Waals surface area contributed by atoms with Crippen LogP contribution in [0, 0.1) is 20.8 Å². The van der Waals surface area contributed by atoms with Crippen molar-refractivity contribution >= 4 is 11.3 Å². The second kappa shape index (κ2) is 4.76. The van der Waals surface area contributed by atoms with Gasteiger partial charge in [-0.3, -0.25) is 0 Å². The van der Waals surface area contributed by atoms with Crippen molar-refractivity contribution in [1.82, 2.24) is 15.3 Å². The minimum absolute atomic E-state index is 0.644. The average molecular weight is 237 g/mol. The zero-order valence-electron chi connectivity index (χ0n) is 9.70. The standard InChI is InChI=1S/C11H15N3OS/c1-7-4-13-10(15-7)5-12-6-11-14-8(2)9(3)16-11/h4,12H,5-6H2,1-3H3. The van der Waals surface area contributed by atoms with Crippen LogP contribution in [-0.4, -0.2) is 9.97 Å². The fraction of sp³-hybridized carbons (Fsp3) is 0.455. The van der Waals surface area contributed by atoms with E-state index in [0.29, 0.717) is 6.54 Å². The summed E-state index contributed by atoms with van der Waals surface area (Å²) in [5, 5.41) is 4.37. The highest BCUT2D eigenvalue weighted by atomic mass is 32.1. The van der Waals surface area contributed by atoms with E-state index in [4.69, 9.17) is 4.42 Å². The summed E-state index contributed by atoms with van der Waals surface area (Å²) in [7, 11) is 0. The largest absolute Gasteiger partial charge is 0.445 e. The van der Waals surface area contributed by atoms with Gasteiger partial charge in [0.15, 0.2) is 0 Å². The van der Waals surface area contributed by atoms with Crippen LogP contribution in [-0.2, 0) is 13.1 Å². The van der Waals surface area contributed by atoms with Gasteiger partial charge in [0.2, 0.25) is 5.89 Å². The highest BCUT2D eigenvalue weighted by Crippen LogP contribution is 2.16. The Morgan fingerprint density at radius 1 is 1.31 bits per heavy atom. The average Bonchev–Trinajstić information content (AvgIpc) is 2.75. The molecule has 4 nitrogen and oxygen atoms in total. The monoisotopic (exact) mass is 237 g/mol. The normalized spacial score (nSPS) is 10.9. The van der Waals surface area contributed by atoms with Crippen molar-refractivity contribution in [3.63, 3.8) is 0 Å². The highest BCUT2D eigenvalue weighted by Gasteiger charge is 2.04. The third-order valence-electron chi connectivity index (χ3n) is 2.29. The molecule has 0 spiro atoms. The molecule has 5 heteroatoms. The second-order valence-corrected chi connectivity index (χ2v) is 5.01. The summed E-state index contributed by atoms with van der Waals surface area (Å²) in [6.45, 7) is 7.43. The highest BCUT2D eigenvalue weighted by molar-refractivity contribution is 7.11. The van der Waals surface area contributed by atoms with E-state index in [2.05, 4.69) is 22.2 Å². The van der Waals surface area contributed by atoms with Gasteiger partial charge in [-0.15, -0.1) is 11.3 Å². The molecule has 16 heavy (non-hydrogen) atoms. The fourth-order valence-electron chi connectivity index (χ4n) is 1.37. The molecule has 2 aromatic heterocycles. The zero-order chi connectivity index (χ0) is 11.5. The minimum atomic E-state index is 0.644. The van der Waals surface area contributed by atoms with Crippen LogP contribution in [0.2, 0.25) is 0 Å². The molecule has 0 saturated carbocycles. The van der Waals surface area contributed by atoms with Crippen molar-refractivity contribution in [3.8, 4) is 0 Å². The van der Waals surface area contributed by atoms with Gasteiger partial charge in [0.25, 0.3) is 0 Å².